The Morgan fingerprint density at radius 1 is 1.17 bits per heavy atom. The molecular formula is C19H18BrN5O3S. The van der Waals surface area contributed by atoms with E-state index in [9.17, 15) is 8.42 Å². The second-order valence-corrected chi connectivity index (χ2v) is 9.14. The minimum absolute atomic E-state index is 0.000328. The van der Waals surface area contributed by atoms with E-state index in [0.717, 1.165) is 27.6 Å². The number of ether oxygens (including phenoxy) is 1. The second kappa shape index (κ2) is 7.53. The first-order valence-corrected chi connectivity index (χ1v) is 11.3. The van der Waals surface area contributed by atoms with Crippen LogP contribution in [0.2, 0.25) is 0 Å². The standard InChI is InChI=1S/C19H18BrN5O3S/c1-28-17-6-4-3-5-14(17)16-11-15(12-7-9-13(20)10-8-12)21-19-22-18(23-25(16)19)24-29(2,26)27/h3-11,16H,1-2H3,(H2,21,22,23,24)/t16-/m1/s1. The van der Waals surface area contributed by atoms with Crippen LogP contribution in [0, 0.1) is 0 Å². The highest BCUT2D eigenvalue weighted by atomic mass is 79.9. The Bertz CT molecular complexity index is 1190. The third-order valence-corrected chi connectivity index (χ3v) is 5.44. The van der Waals surface area contributed by atoms with Gasteiger partial charge >= 0.3 is 0 Å². The van der Waals surface area contributed by atoms with Crippen molar-refractivity contribution in [1.29, 1.82) is 0 Å². The van der Waals surface area contributed by atoms with Crippen LogP contribution in [0.5, 0.6) is 5.75 Å². The summed E-state index contributed by atoms with van der Waals surface area (Å²) in [5.41, 5.74) is 2.67. The molecule has 0 saturated carbocycles. The van der Waals surface area contributed by atoms with Crippen LogP contribution in [0.3, 0.4) is 0 Å². The van der Waals surface area contributed by atoms with Crippen molar-refractivity contribution in [3.8, 4) is 5.75 Å². The van der Waals surface area contributed by atoms with Crippen molar-refractivity contribution >= 4 is 43.5 Å². The molecule has 3 aromatic rings. The first kappa shape index (κ1) is 19.5. The number of sulfonamides is 1. The Morgan fingerprint density at radius 2 is 1.90 bits per heavy atom. The number of benzene rings is 2. The van der Waals surface area contributed by atoms with Crippen LogP contribution in [0.1, 0.15) is 17.2 Å². The Morgan fingerprint density at radius 3 is 2.59 bits per heavy atom. The van der Waals surface area contributed by atoms with Crippen molar-refractivity contribution in [1.82, 2.24) is 14.8 Å². The summed E-state index contributed by atoms with van der Waals surface area (Å²) in [6, 6.07) is 15.1. The third kappa shape index (κ3) is 4.13. The van der Waals surface area contributed by atoms with Gasteiger partial charge in [-0.25, -0.2) is 13.1 Å². The van der Waals surface area contributed by atoms with Gasteiger partial charge in [0.15, 0.2) is 0 Å². The monoisotopic (exact) mass is 475 g/mol. The summed E-state index contributed by atoms with van der Waals surface area (Å²) >= 11 is 3.45. The maximum atomic E-state index is 11.6. The van der Waals surface area contributed by atoms with Crippen LogP contribution < -0.4 is 14.8 Å². The van der Waals surface area contributed by atoms with E-state index in [-0.39, 0.29) is 12.0 Å². The second-order valence-electron chi connectivity index (χ2n) is 6.48. The Labute approximate surface area is 176 Å². The molecule has 150 valence electrons. The average molecular weight is 476 g/mol. The average Bonchev–Trinajstić information content (AvgIpc) is 3.08. The summed E-state index contributed by atoms with van der Waals surface area (Å²) in [5, 5.41) is 7.59. The smallest absolute Gasteiger partial charge is 0.257 e. The highest BCUT2D eigenvalue weighted by molar-refractivity contribution is 9.10. The van der Waals surface area contributed by atoms with Gasteiger partial charge in [0.25, 0.3) is 5.95 Å². The van der Waals surface area contributed by atoms with Gasteiger partial charge in [-0.05, 0) is 29.8 Å². The molecule has 1 aliphatic rings. The van der Waals surface area contributed by atoms with Crippen LogP contribution >= 0.6 is 15.9 Å². The van der Waals surface area contributed by atoms with Gasteiger partial charge in [-0.2, -0.15) is 4.98 Å². The topological polar surface area (TPSA) is 98.1 Å². The number of para-hydroxylation sites is 1. The quantitative estimate of drug-likeness (QED) is 0.585. The molecule has 0 radical (unpaired) electrons. The molecule has 2 heterocycles. The molecule has 0 saturated heterocycles. The predicted molar refractivity (Wildman–Crippen MR) is 115 cm³/mol. The fourth-order valence-corrected chi connectivity index (χ4v) is 3.81. The summed E-state index contributed by atoms with van der Waals surface area (Å²) in [4.78, 5) is 4.32. The largest absolute Gasteiger partial charge is 0.496 e. The van der Waals surface area contributed by atoms with E-state index in [2.05, 4.69) is 36.1 Å². The number of hydrogen-bond acceptors (Lipinski definition) is 6. The van der Waals surface area contributed by atoms with Crippen LogP contribution in [0.15, 0.2) is 59.1 Å². The van der Waals surface area contributed by atoms with E-state index in [1.54, 1.807) is 11.8 Å². The van der Waals surface area contributed by atoms with Crippen LogP contribution in [0.25, 0.3) is 5.70 Å². The number of nitrogens with one attached hydrogen (secondary N) is 2. The zero-order valence-electron chi connectivity index (χ0n) is 15.6. The van der Waals surface area contributed by atoms with Crippen molar-refractivity contribution in [3.63, 3.8) is 0 Å². The summed E-state index contributed by atoms with van der Waals surface area (Å²) in [6.45, 7) is 0. The van der Waals surface area contributed by atoms with E-state index in [0.29, 0.717) is 11.7 Å². The Balaban J connectivity index is 1.84. The van der Waals surface area contributed by atoms with E-state index < -0.39 is 10.0 Å². The zero-order chi connectivity index (χ0) is 20.6. The molecule has 8 nitrogen and oxygen atoms in total. The predicted octanol–water partition coefficient (Wildman–Crippen LogP) is 3.48. The van der Waals surface area contributed by atoms with E-state index >= 15 is 0 Å². The number of nitrogens with zero attached hydrogens (tertiary/aromatic N) is 3. The van der Waals surface area contributed by atoms with Gasteiger partial charge in [-0.1, -0.05) is 46.3 Å². The normalized spacial score (nSPS) is 15.8. The summed E-state index contributed by atoms with van der Waals surface area (Å²) in [6.07, 6.45) is 3.07. The maximum absolute atomic E-state index is 11.6. The Hall–Kier alpha value is -2.85. The van der Waals surface area contributed by atoms with E-state index in [4.69, 9.17) is 4.74 Å². The maximum Gasteiger partial charge on any atom is 0.257 e. The molecule has 0 bridgehead atoms. The molecule has 1 atom stereocenters. The third-order valence-electron chi connectivity index (χ3n) is 4.36. The van der Waals surface area contributed by atoms with Gasteiger partial charge in [0, 0.05) is 15.7 Å². The van der Waals surface area contributed by atoms with Gasteiger partial charge in [-0.15, -0.1) is 5.10 Å². The van der Waals surface area contributed by atoms with Crippen LogP contribution in [-0.2, 0) is 10.0 Å². The molecule has 0 unspecified atom stereocenters. The fourth-order valence-electron chi connectivity index (χ4n) is 3.13. The molecule has 0 amide bonds. The van der Waals surface area contributed by atoms with Crippen molar-refractivity contribution < 1.29 is 13.2 Å². The number of hydrogen-bond donors (Lipinski definition) is 2. The molecule has 1 aromatic heterocycles. The molecule has 0 aliphatic carbocycles. The van der Waals surface area contributed by atoms with Crippen molar-refractivity contribution in [2.75, 3.05) is 23.4 Å². The minimum atomic E-state index is -3.51. The number of methoxy groups -OCH3 is 1. The molecule has 10 heteroatoms. The minimum Gasteiger partial charge on any atom is -0.496 e. The van der Waals surface area contributed by atoms with Gasteiger partial charge in [0.1, 0.15) is 11.8 Å². The molecular weight excluding hydrogens is 458 g/mol. The molecule has 1 aliphatic heterocycles. The van der Waals surface area contributed by atoms with Gasteiger partial charge in [-0.3, -0.25) is 4.72 Å². The van der Waals surface area contributed by atoms with Crippen molar-refractivity contribution in [2.24, 2.45) is 0 Å². The number of anilines is 2. The van der Waals surface area contributed by atoms with Crippen molar-refractivity contribution in [2.45, 2.75) is 6.04 Å². The van der Waals surface area contributed by atoms with Gasteiger partial charge in [0.05, 0.1) is 13.4 Å². The highest BCUT2D eigenvalue weighted by Gasteiger charge is 2.27. The molecule has 29 heavy (non-hydrogen) atoms. The lowest BCUT2D eigenvalue weighted by Crippen LogP contribution is -2.20. The SMILES string of the molecule is COc1ccccc1[C@H]1C=C(c2ccc(Br)cc2)Nc2nc(NS(C)(=O)=O)nn21. The van der Waals surface area contributed by atoms with E-state index in [1.807, 2.05) is 54.6 Å². The number of allylic oxidation sites excluding steroid dienone is 1. The molecule has 0 fully saturated rings. The summed E-state index contributed by atoms with van der Waals surface area (Å²) < 4.78 is 33.7. The van der Waals surface area contributed by atoms with Crippen molar-refractivity contribution in [3.05, 3.63) is 70.2 Å². The van der Waals surface area contributed by atoms with E-state index in [1.165, 1.54) is 0 Å². The molecule has 2 N–H and O–H groups in total. The highest BCUT2D eigenvalue weighted by Crippen LogP contribution is 2.37. The fraction of sp³-hybridized carbons (Fsp3) is 0.158. The van der Waals surface area contributed by atoms with Crippen LogP contribution in [-0.4, -0.2) is 36.5 Å². The number of halogens is 1. The summed E-state index contributed by atoms with van der Waals surface area (Å²) in [7, 11) is -1.90. The number of rotatable bonds is 5. The lowest BCUT2D eigenvalue weighted by Gasteiger charge is -2.25. The molecule has 2 aromatic carbocycles. The van der Waals surface area contributed by atoms with Gasteiger partial charge < -0.3 is 10.1 Å². The number of aromatic nitrogens is 3. The zero-order valence-corrected chi connectivity index (χ0v) is 18.0. The molecule has 0 spiro atoms. The first-order chi connectivity index (χ1) is 13.8. The molecule has 4 rings (SSSR count). The first-order valence-electron chi connectivity index (χ1n) is 8.66. The number of fused-ring (bicyclic) bond motifs is 1. The summed E-state index contributed by atoms with van der Waals surface area (Å²) in [5.74, 6) is 1.12. The van der Waals surface area contributed by atoms with Crippen LogP contribution in [0.4, 0.5) is 11.9 Å². The van der Waals surface area contributed by atoms with Gasteiger partial charge in [0.2, 0.25) is 16.0 Å². The lowest BCUT2D eigenvalue weighted by molar-refractivity contribution is 0.404. The Kier molecular flexibility index (Phi) is 5.05. The lowest BCUT2D eigenvalue weighted by atomic mass is 10.0.